The van der Waals surface area contributed by atoms with E-state index in [4.69, 9.17) is 5.73 Å². The molecule has 100 valence electrons. The van der Waals surface area contributed by atoms with Gasteiger partial charge in [0.05, 0.1) is 17.9 Å². The minimum atomic E-state index is -0.348. The van der Waals surface area contributed by atoms with Crippen LogP contribution in [0.4, 0.5) is 4.39 Å². The summed E-state index contributed by atoms with van der Waals surface area (Å²) in [6.45, 7) is 6.51. The highest BCUT2D eigenvalue weighted by molar-refractivity contribution is 5.32. The van der Waals surface area contributed by atoms with E-state index in [0.29, 0.717) is 5.69 Å². The van der Waals surface area contributed by atoms with Crippen LogP contribution in [-0.2, 0) is 5.41 Å². The van der Waals surface area contributed by atoms with E-state index in [2.05, 4.69) is 37.9 Å². The minimum absolute atomic E-state index is 0.122. The van der Waals surface area contributed by atoms with E-state index < -0.39 is 0 Å². The molecule has 1 aromatic heterocycles. The molecule has 0 amide bonds. The fourth-order valence-corrected chi connectivity index (χ4v) is 1.93. The summed E-state index contributed by atoms with van der Waals surface area (Å²) in [7, 11) is 0. The largest absolute Gasteiger partial charge is 0.319 e. The average molecular weight is 258 g/mol. The standard InChI is InChI=1S/C16H19FN2/c1-16(2,3)12-6-4-11(5-7-12)15(18)14-9-8-13(17)10-19-14/h4-10,15H,18H2,1-3H3. The van der Waals surface area contributed by atoms with Crippen LogP contribution in [0.3, 0.4) is 0 Å². The monoisotopic (exact) mass is 258 g/mol. The molecule has 2 rings (SSSR count). The van der Waals surface area contributed by atoms with E-state index in [1.54, 1.807) is 6.07 Å². The fourth-order valence-electron chi connectivity index (χ4n) is 1.93. The molecule has 2 nitrogen and oxygen atoms in total. The third-order valence-electron chi connectivity index (χ3n) is 3.20. The van der Waals surface area contributed by atoms with Gasteiger partial charge in [0.1, 0.15) is 5.82 Å². The Bertz CT molecular complexity index is 538. The molecule has 0 fully saturated rings. The van der Waals surface area contributed by atoms with Gasteiger partial charge in [-0.1, -0.05) is 45.0 Å². The van der Waals surface area contributed by atoms with Gasteiger partial charge in [0.25, 0.3) is 0 Å². The molecule has 2 aromatic rings. The average Bonchev–Trinajstić information content (AvgIpc) is 2.38. The highest BCUT2D eigenvalue weighted by Gasteiger charge is 2.15. The summed E-state index contributed by atoms with van der Waals surface area (Å²) >= 11 is 0. The second kappa shape index (κ2) is 5.10. The molecule has 1 heterocycles. The minimum Gasteiger partial charge on any atom is -0.319 e. The number of nitrogens with zero attached hydrogens (tertiary/aromatic N) is 1. The highest BCUT2D eigenvalue weighted by Crippen LogP contribution is 2.25. The number of hydrogen-bond donors (Lipinski definition) is 1. The van der Waals surface area contributed by atoms with Gasteiger partial charge in [0.15, 0.2) is 0 Å². The molecule has 0 saturated heterocycles. The smallest absolute Gasteiger partial charge is 0.141 e. The lowest BCUT2D eigenvalue weighted by atomic mass is 9.86. The number of aromatic nitrogens is 1. The van der Waals surface area contributed by atoms with E-state index in [1.165, 1.54) is 17.8 Å². The first-order chi connectivity index (χ1) is 8.88. The van der Waals surface area contributed by atoms with Gasteiger partial charge in [0.2, 0.25) is 0 Å². The second-order valence-corrected chi connectivity index (χ2v) is 5.75. The Morgan fingerprint density at radius 3 is 2.16 bits per heavy atom. The Labute approximate surface area is 113 Å². The molecule has 0 aliphatic carbocycles. The number of halogens is 1. The van der Waals surface area contributed by atoms with Crippen molar-refractivity contribution in [3.05, 3.63) is 65.2 Å². The molecule has 0 spiro atoms. The molecule has 0 aliphatic heterocycles. The molecule has 3 heteroatoms. The van der Waals surface area contributed by atoms with Crippen LogP contribution in [0.5, 0.6) is 0 Å². The van der Waals surface area contributed by atoms with Crippen LogP contribution in [0.2, 0.25) is 0 Å². The van der Waals surface area contributed by atoms with Crippen LogP contribution in [-0.4, -0.2) is 4.98 Å². The summed E-state index contributed by atoms with van der Waals surface area (Å²) in [6, 6.07) is 10.9. The maximum atomic E-state index is 12.8. The Kier molecular flexibility index (Phi) is 3.67. The van der Waals surface area contributed by atoms with Gasteiger partial charge < -0.3 is 5.73 Å². The zero-order valence-corrected chi connectivity index (χ0v) is 11.5. The van der Waals surface area contributed by atoms with Gasteiger partial charge in [-0.05, 0) is 28.7 Å². The van der Waals surface area contributed by atoms with Gasteiger partial charge in [-0.2, -0.15) is 0 Å². The molecule has 0 radical (unpaired) electrons. The summed E-state index contributed by atoms with van der Waals surface area (Å²) in [5.74, 6) is -0.348. The van der Waals surface area contributed by atoms with Gasteiger partial charge in [-0.25, -0.2) is 4.39 Å². The first-order valence-electron chi connectivity index (χ1n) is 6.35. The molecular weight excluding hydrogens is 239 g/mol. The van der Waals surface area contributed by atoms with E-state index >= 15 is 0 Å². The van der Waals surface area contributed by atoms with Crippen molar-refractivity contribution in [2.75, 3.05) is 0 Å². The van der Waals surface area contributed by atoms with Crippen LogP contribution < -0.4 is 5.73 Å². The lowest BCUT2D eigenvalue weighted by Gasteiger charge is -2.20. The second-order valence-electron chi connectivity index (χ2n) is 5.75. The van der Waals surface area contributed by atoms with Crippen molar-refractivity contribution < 1.29 is 4.39 Å². The summed E-state index contributed by atoms with van der Waals surface area (Å²) in [6.07, 6.45) is 1.19. The van der Waals surface area contributed by atoms with Gasteiger partial charge >= 0.3 is 0 Å². The first kappa shape index (κ1) is 13.7. The normalized spacial score (nSPS) is 13.3. The zero-order valence-electron chi connectivity index (χ0n) is 11.5. The predicted octanol–water partition coefficient (Wildman–Crippen LogP) is 3.57. The number of rotatable bonds is 2. The maximum Gasteiger partial charge on any atom is 0.141 e. The number of hydrogen-bond acceptors (Lipinski definition) is 2. The fraction of sp³-hybridized carbons (Fsp3) is 0.312. The zero-order chi connectivity index (χ0) is 14.0. The van der Waals surface area contributed by atoms with Crippen LogP contribution >= 0.6 is 0 Å². The third kappa shape index (κ3) is 3.18. The molecule has 0 saturated carbocycles. The van der Waals surface area contributed by atoms with E-state index in [0.717, 1.165) is 5.56 Å². The SMILES string of the molecule is CC(C)(C)c1ccc(C(N)c2ccc(F)cn2)cc1. The summed E-state index contributed by atoms with van der Waals surface area (Å²) < 4.78 is 12.8. The van der Waals surface area contributed by atoms with Gasteiger partial charge in [-0.3, -0.25) is 4.98 Å². The third-order valence-corrected chi connectivity index (χ3v) is 3.20. The Hall–Kier alpha value is -1.74. The number of nitrogens with two attached hydrogens (primary N) is 1. The van der Waals surface area contributed by atoms with Crippen molar-refractivity contribution in [2.45, 2.75) is 32.2 Å². The summed E-state index contributed by atoms with van der Waals surface area (Å²) in [5, 5.41) is 0. The van der Waals surface area contributed by atoms with Crippen LogP contribution in [0, 0.1) is 5.82 Å². The molecule has 19 heavy (non-hydrogen) atoms. The first-order valence-corrected chi connectivity index (χ1v) is 6.35. The van der Waals surface area contributed by atoms with Crippen molar-refractivity contribution in [2.24, 2.45) is 5.73 Å². The lowest BCUT2D eigenvalue weighted by molar-refractivity contribution is 0.589. The number of benzene rings is 1. The van der Waals surface area contributed by atoms with Crippen molar-refractivity contribution in [3.8, 4) is 0 Å². The van der Waals surface area contributed by atoms with Crippen LogP contribution in [0.25, 0.3) is 0 Å². The molecule has 0 aliphatic rings. The molecule has 2 N–H and O–H groups in total. The van der Waals surface area contributed by atoms with Crippen molar-refractivity contribution in [1.29, 1.82) is 0 Å². The summed E-state index contributed by atoms with van der Waals surface area (Å²) in [5.41, 5.74) is 9.17. The van der Waals surface area contributed by atoms with E-state index in [-0.39, 0.29) is 17.3 Å². The van der Waals surface area contributed by atoms with Crippen molar-refractivity contribution in [1.82, 2.24) is 4.98 Å². The molecule has 1 atom stereocenters. The quantitative estimate of drug-likeness (QED) is 0.894. The topological polar surface area (TPSA) is 38.9 Å². The Balaban J connectivity index is 2.25. The molecule has 0 bridgehead atoms. The maximum absolute atomic E-state index is 12.8. The number of pyridine rings is 1. The van der Waals surface area contributed by atoms with Crippen molar-refractivity contribution >= 4 is 0 Å². The van der Waals surface area contributed by atoms with E-state index in [9.17, 15) is 4.39 Å². The van der Waals surface area contributed by atoms with Crippen molar-refractivity contribution in [3.63, 3.8) is 0 Å². The lowest BCUT2D eigenvalue weighted by Crippen LogP contribution is -2.15. The van der Waals surface area contributed by atoms with Gasteiger partial charge in [-0.15, -0.1) is 0 Å². The van der Waals surface area contributed by atoms with Crippen LogP contribution in [0.15, 0.2) is 42.6 Å². The molecule has 1 unspecified atom stereocenters. The van der Waals surface area contributed by atoms with Gasteiger partial charge in [0, 0.05) is 0 Å². The van der Waals surface area contributed by atoms with E-state index in [1.807, 2.05) is 12.1 Å². The Morgan fingerprint density at radius 2 is 1.68 bits per heavy atom. The van der Waals surface area contributed by atoms with Crippen LogP contribution in [0.1, 0.15) is 43.6 Å². The molecular formula is C16H19FN2. The highest BCUT2D eigenvalue weighted by atomic mass is 19.1. The Morgan fingerprint density at radius 1 is 1.05 bits per heavy atom. The summed E-state index contributed by atoms with van der Waals surface area (Å²) in [4.78, 5) is 4.03. The molecule has 1 aromatic carbocycles. The predicted molar refractivity (Wildman–Crippen MR) is 75.4 cm³/mol.